The highest BCUT2D eigenvalue weighted by molar-refractivity contribution is 5.78. The summed E-state index contributed by atoms with van der Waals surface area (Å²) in [7, 11) is 8.14. The minimum atomic E-state index is 0.164. The molecule has 0 aliphatic carbocycles. The van der Waals surface area contributed by atoms with E-state index in [1.807, 2.05) is 28.2 Å². The van der Waals surface area contributed by atoms with Crippen molar-refractivity contribution >= 4 is 11.8 Å². The average Bonchev–Trinajstić information content (AvgIpc) is 2.78. The molecular formula is C19H36N4O2. The molecule has 0 aromatic rings. The number of carbonyl (C=O) groups excluding carboxylic acids is 2. The first-order valence-electron chi connectivity index (χ1n) is 9.76. The fourth-order valence-corrected chi connectivity index (χ4v) is 4.23. The molecule has 2 heterocycles. The minimum absolute atomic E-state index is 0.164. The van der Waals surface area contributed by atoms with Crippen LogP contribution in [-0.4, -0.2) is 85.9 Å². The van der Waals surface area contributed by atoms with E-state index in [2.05, 4.69) is 20.0 Å². The van der Waals surface area contributed by atoms with Gasteiger partial charge in [0, 0.05) is 31.0 Å². The van der Waals surface area contributed by atoms with Crippen LogP contribution < -0.4 is 5.32 Å². The van der Waals surface area contributed by atoms with Crippen LogP contribution in [0.15, 0.2) is 0 Å². The summed E-state index contributed by atoms with van der Waals surface area (Å²) >= 11 is 0. The quantitative estimate of drug-likeness (QED) is 0.680. The smallest absolute Gasteiger partial charge is 0.223 e. The third-order valence-corrected chi connectivity index (χ3v) is 5.39. The molecule has 2 rings (SSSR count). The van der Waals surface area contributed by atoms with E-state index in [0.717, 1.165) is 51.6 Å². The zero-order chi connectivity index (χ0) is 18.4. The molecule has 144 valence electrons. The van der Waals surface area contributed by atoms with Gasteiger partial charge in [0.2, 0.25) is 11.8 Å². The van der Waals surface area contributed by atoms with Gasteiger partial charge in [0.05, 0.1) is 0 Å². The van der Waals surface area contributed by atoms with Gasteiger partial charge in [-0.3, -0.25) is 9.59 Å². The Morgan fingerprint density at radius 3 is 1.96 bits per heavy atom. The van der Waals surface area contributed by atoms with Gasteiger partial charge in [0.15, 0.2) is 0 Å². The number of amides is 2. The molecule has 6 heteroatoms. The Bertz CT molecular complexity index is 439. The van der Waals surface area contributed by atoms with Crippen LogP contribution in [0.4, 0.5) is 0 Å². The lowest BCUT2D eigenvalue weighted by molar-refractivity contribution is -0.136. The van der Waals surface area contributed by atoms with Gasteiger partial charge in [0.25, 0.3) is 0 Å². The Morgan fingerprint density at radius 2 is 1.44 bits per heavy atom. The number of nitrogens with zero attached hydrogens (tertiary/aromatic N) is 3. The predicted octanol–water partition coefficient (Wildman–Crippen LogP) is 1.31. The largest absolute Gasteiger partial charge is 0.353 e. The van der Waals surface area contributed by atoms with E-state index in [9.17, 15) is 9.59 Å². The van der Waals surface area contributed by atoms with Crippen LogP contribution in [0.1, 0.15) is 51.4 Å². The minimum Gasteiger partial charge on any atom is -0.353 e. The molecule has 2 fully saturated rings. The van der Waals surface area contributed by atoms with Gasteiger partial charge in [-0.1, -0.05) is 0 Å². The van der Waals surface area contributed by atoms with Crippen LogP contribution in [0.5, 0.6) is 0 Å². The lowest BCUT2D eigenvalue weighted by Gasteiger charge is -2.39. The van der Waals surface area contributed by atoms with Crippen molar-refractivity contribution in [2.45, 2.75) is 69.5 Å². The lowest BCUT2D eigenvalue weighted by Crippen LogP contribution is -2.52. The molecule has 6 nitrogen and oxygen atoms in total. The molecule has 1 N–H and O–H groups in total. The predicted molar refractivity (Wildman–Crippen MR) is 100 cm³/mol. The summed E-state index contributed by atoms with van der Waals surface area (Å²) in [6.07, 6.45) is 7.10. The van der Waals surface area contributed by atoms with Crippen molar-refractivity contribution in [3.63, 3.8) is 0 Å². The summed E-state index contributed by atoms with van der Waals surface area (Å²) < 4.78 is 0. The standard InChI is InChI=1S/C19H36N4O2/c1-21(2)11-5-7-18(24)20-15-13-16-9-10-17(14-15)23(16)19(25)8-6-12-22(3)4/h15-17H,5-14H2,1-4H3,(H,20,24)/t15?,16-,17+. The molecular weight excluding hydrogens is 316 g/mol. The van der Waals surface area contributed by atoms with Crippen molar-refractivity contribution in [1.29, 1.82) is 0 Å². The average molecular weight is 353 g/mol. The number of piperidine rings is 1. The Balaban J connectivity index is 1.75. The van der Waals surface area contributed by atoms with Crippen molar-refractivity contribution in [2.24, 2.45) is 0 Å². The molecule has 2 saturated heterocycles. The first kappa shape index (κ1) is 20.2. The number of carbonyl (C=O) groups is 2. The van der Waals surface area contributed by atoms with E-state index >= 15 is 0 Å². The number of fused-ring (bicyclic) bond motifs is 2. The summed E-state index contributed by atoms with van der Waals surface area (Å²) in [5.74, 6) is 0.474. The van der Waals surface area contributed by atoms with Gasteiger partial charge < -0.3 is 20.0 Å². The Morgan fingerprint density at radius 1 is 0.920 bits per heavy atom. The molecule has 0 saturated carbocycles. The highest BCUT2D eigenvalue weighted by Gasteiger charge is 2.43. The number of hydrogen-bond acceptors (Lipinski definition) is 4. The highest BCUT2D eigenvalue weighted by atomic mass is 16.2. The summed E-state index contributed by atoms with van der Waals surface area (Å²) in [5, 5.41) is 3.21. The van der Waals surface area contributed by atoms with E-state index in [1.165, 1.54) is 0 Å². The fourth-order valence-electron chi connectivity index (χ4n) is 4.23. The third-order valence-electron chi connectivity index (χ3n) is 5.39. The van der Waals surface area contributed by atoms with Crippen LogP contribution >= 0.6 is 0 Å². The van der Waals surface area contributed by atoms with E-state index in [1.54, 1.807) is 0 Å². The molecule has 2 aliphatic rings. The van der Waals surface area contributed by atoms with Crippen molar-refractivity contribution in [3.8, 4) is 0 Å². The topological polar surface area (TPSA) is 55.9 Å². The summed E-state index contributed by atoms with van der Waals surface area (Å²) in [4.78, 5) is 31.1. The Kier molecular flexibility index (Phi) is 7.69. The maximum Gasteiger partial charge on any atom is 0.223 e. The SMILES string of the molecule is CN(C)CCCC(=O)NC1C[C@H]2CC[C@@H](C1)N2C(=O)CCCN(C)C. The van der Waals surface area contributed by atoms with E-state index < -0.39 is 0 Å². The summed E-state index contributed by atoms with van der Waals surface area (Å²) in [6, 6.07) is 0.908. The zero-order valence-corrected chi connectivity index (χ0v) is 16.5. The van der Waals surface area contributed by atoms with E-state index in [4.69, 9.17) is 0 Å². The van der Waals surface area contributed by atoms with Crippen LogP contribution in [0, 0.1) is 0 Å². The second kappa shape index (κ2) is 9.53. The molecule has 0 aromatic carbocycles. The van der Waals surface area contributed by atoms with Crippen LogP contribution in [0.25, 0.3) is 0 Å². The van der Waals surface area contributed by atoms with Gasteiger partial charge in [-0.25, -0.2) is 0 Å². The third kappa shape index (κ3) is 6.26. The molecule has 25 heavy (non-hydrogen) atoms. The van der Waals surface area contributed by atoms with Crippen molar-refractivity contribution in [1.82, 2.24) is 20.0 Å². The van der Waals surface area contributed by atoms with Gasteiger partial charge in [-0.05, 0) is 79.8 Å². The second-order valence-electron chi connectivity index (χ2n) is 8.24. The first-order valence-corrected chi connectivity index (χ1v) is 9.76. The van der Waals surface area contributed by atoms with Gasteiger partial charge in [-0.2, -0.15) is 0 Å². The summed E-state index contributed by atoms with van der Waals surface area (Å²) in [6.45, 7) is 1.90. The molecule has 0 spiro atoms. The van der Waals surface area contributed by atoms with E-state index in [-0.39, 0.29) is 11.9 Å². The number of hydrogen-bond donors (Lipinski definition) is 1. The Labute approximate surface area is 152 Å². The second-order valence-corrected chi connectivity index (χ2v) is 8.24. The molecule has 2 aliphatic heterocycles. The number of rotatable bonds is 9. The van der Waals surface area contributed by atoms with Gasteiger partial charge in [0.1, 0.15) is 0 Å². The molecule has 0 radical (unpaired) electrons. The monoisotopic (exact) mass is 352 g/mol. The maximum absolute atomic E-state index is 12.6. The number of nitrogens with one attached hydrogen (secondary N) is 1. The highest BCUT2D eigenvalue weighted by Crippen LogP contribution is 2.36. The molecule has 0 aromatic heterocycles. The van der Waals surface area contributed by atoms with E-state index in [0.29, 0.717) is 30.8 Å². The maximum atomic E-state index is 12.6. The van der Waals surface area contributed by atoms with Crippen molar-refractivity contribution < 1.29 is 9.59 Å². The normalized spacial score (nSPS) is 25.7. The fraction of sp³-hybridized carbons (Fsp3) is 0.895. The van der Waals surface area contributed by atoms with Crippen molar-refractivity contribution in [2.75, 3.05) is 41.3 Å². The van der Waals surface area contributed by atoms with Crippen LogP contribution in [0.3, 0.4) is 0 Å². The molecule has 2 amide bonds. The van der Waals surface area contributed by atoms with Gasteiger partial charge >= 0.3 is 0 Å². The van der Waals surface area contributed by atoms with Crippen molar-refractivity contribution in [3.05, 3.63) is 0 Å². The molecule has 1 unspecified atom stereocenters. The van der Waals surface area contributed by atoms with Gasteiger partial charge in [-0.15, -0.1) is 0 Å². The summed E-state index contributed by atoms with van der Waals surface area (Å²) in [5.41, 5.74) is 0. The van der Waals surface area contributed by atoms with Crippen LogP contribution in [-0.2, 0) is 9.59 Å². The Hall–Kier alpha value is -1.14. The zero-order valence-electron chi connectivity index (χ0n) is 16.5. The van der Waals surface area contributed by atoms with Crippen LogP contribution in [0.2, 0.25) is 0 Å². The molecule has 3 atom stereocenters. The first-order chi connectivity index (χ1) is 11.9. The molecule has 2 bridgehead atoms. The lowest BCUT2D eigenvalue weighted by atomic mass is 9.96.